The van der Waals surface area contributed by atoms with Crippen LogP contribution >= 0.6 is 0 Å². The molecule has 84 valence electrons. The average molecular weight is 246 g/mol. The van der Waals surface area contributed by atoms with Crippen LogP contribution in [0.2, 0.25) is 0 Å². The Bertz CT molecular complexity index is 482. The number of halogens is 4. The van der Waals surface area contributed by atoms with Crippen molar-refractivity contribution in [3.63, 3.8) is 0 Å². The van der Waals surface area contributed by atoms with Crippen molar-refractivity contribution < 1.29 is 35.4 Å². The minimum absolute atomic E-state index is 0.0803. The molecule has 4 nitrogen and oxygen atoms in total. The number of nitrogens with zero attached hydrogens (tertiary/aromatic N) is 1. The highest BCUT2D eigenvalue weighted by molar-refractivity contribution is 7.85. The van der Waals surface area contributed by atoms with E-state index in [0.717, 1.165) is 0 Å². The maximum atomic E-state index is 12.8. The number of aromatic nitrogens is 1. The lowest BCUT2D eigenvalue weighted by atomic mass is 10.3. The van der Waals surface area contributed by atoms with Gasteiger partial charge in [-0.2, -0.15) is 21.6 Å². The third-order valence-electron chi connectivity index (χ3n) is 1.46. The van der Waals surface area contributed by atoms with E-state index in [9.17, 15) is 26.1 Å². The maximum absolute atomic E-state index is 12.8. The molecule has 1 N–H and O–H groups in total. The first-order valence-corrected chi connectivity index (χ1v) is 4.83. The van der Waals surface area contributed by atoms with E-state index >= 15 is 0 Å². The first-order chi connectivity index (χ1) is 6.62. The highest BCUT2D eigenvalue weighted by atomic mass is 32.2. The Balaban J connectivity index is 3.34. The van der Waals surface area contributed by atoms with E-state index in [1.807, 2.05) is 0 Å². The van der Waals surface area contributed by atoms with E-state index < -0.39 is 31.7 Å². The van der Waals surface area contributed by atoms with Crippen molar-refractivity contribution in [1.29, 1.82) is 0 Å². The molecule has 0 aliphatic heterocycles. The zero-order chi connectivity index (χ0) is 11.9. The van der Waals surface area contributed by atoms with Crippen LogP contribution in [0.25, 0.3) is 0 Å². The molecule has 0 spiro atoms. The van der Waals surface area contributed by atoms with Crippen LogP contribution < -0.4 is 4.79 Å². The second-order valence-corrected chi connectivity index (χ2v) is 3.91. The number of hydrogen-bond donors (Lipinski definition) is 1. The molecule has 0 unspecified atom stereocenters. The van der Waals surface area contributed by atoms with E-state index in [1.165, 1.54) is 0 Å². The van der Waals surface area contributed by atoms with E-state index in [2.05, 4.69) is 0 Å². The predicted octanol–water partition coefficient (Wildman–Crippen LogP) is 0.972. The van der Waals surface area contributed by atoms with E-state index in [4.69, 9.17) is 4.55 Å². The van der Waals surface area contributed by atoms with Crippen LogP contribution in [-0.2, 0) is 16.3 Å². The Hall–Kier alpha value is -1.22. The van der Waals surface area contributed by atoms with Crippen molar-refractivity contribution in [2.75, 3.05) is 0 Å². The van der Waals surface area contributed by atoms with Gasteiger partial charge in [0.15, 0.2) is 0 Å². The number of hydrogen-bond acceptors (Lipinski definition) is 2. The predicted molar refractivity (Wildman–Crippen MR) is 38.0 cm³/mol. The van der Waals surface area contributed by atoms with Crippen molar-refractivity contribution in [2.45, 2.75) is 11.2 Å². The Labute approximate surface area is 81.5 Å². The van der Waals surface area contributed by atoms with Gasteiger partial charge in [-0.3, -0.25) is 4.55 Å². The second kappa shape index (κ2) is 3.42. The lowest BCUT2D eigenvalue weighted by molar-refractivity contribution is -0.875. The molecule has 0 atom stereocenters. The summed E-state index contributed by atoms with van der Waals surface area (Å²) in [6.45, 7) is 0. The van der Waals surface area contributed by atoms with Gasteiger partial charge in [0.05, 0.1) is 4.48 Å². The quantitative estimate of drug-likeness (QED) is 0.593. The van der Waals surface area contributed by atoms with Gasteiger partial charge in [-0.15, -0.1) is 0 Å². The summed E-state index contributed by atoms with van der Waals surface area (Å²) in [7, 11) is -4.88. The lowest BCUT2D eigenvalue weighted by Gasteiger charge is -2.02. The smallest absolute Gasteiger partial charge is 0.277 e. The third kappa shape index (κ3) is 2.63. The van der Waals surface area contributed by atoms with Crippen LogP contribution in [-0.4, -0.2) is 13.0 Å². The SMILES string of the molecule is O=S(=O)(O)c1ccc(C(F)(F)F)c[n+]1F. The Morgan fingerprint density at radius 2 is 1.80 bits per heavy atom. The molecule has 1 heterocycles. The molecular weight excluding hydrogens is 242 g/mol. The van der Waals surface area contributed by atoms with Gasteiger partial charge in [0.2, 0.25) is 6.20 Å². The summed E-state index contributed by atoms with van der Waals surface area (Å²) in [5, 5.41) is -1.27. The fourth-order valence-electron chi connectivity index (χ4n) is 0.825. The summed E-state index contributed by atoms with van der Waals surface area (Å²) in [5.41, 5.74) is -1.36. The minimum atomic E-state index is -4.88. The minimum Gasteiger partial charge on any atom is -0.277 e. The standard InChI is InChI=1S/C6H3F4NO3S/c7-6(8,9)4-1-2-5(11(10)3-4)15(12,13)14/h1-3H/p+1. The fourth-order valence-corrected chi connectivity index (χ4v) is 1.34. The van der Waals surface area contributed by atoms with E-state index in [0.29, 0.717) is 12.1 Å². The topological polar surface area (TPSA) is 58.3 Å². The summed E-state index contributed by atoms with van der Waals surface area (Å²) in [6, 6.07) is 0.664. The third-order valence-corrected chi connectivity index (χ3v) is 2.30. The molecule has 0 aromatic carbocycles. The first kappa shape index (κ1) is 11.9. The Morgan fingerprint density at radius 1 is 1.27 bits per heavy atom. The second-order valence-electron chi connectivity index (χ2n) is 2.54. The molecule has 0 bridgehead atoms. The largest absolute Gasteiger partial charge is 0.422 e. The lowest BCUT2D eigenvalue weighted by Crippen LogP contribution is -2.32. The van der Waals surface area contributed by atoms with Crippen LogP contribution in [0.4, 0.5) is 17.7 Å². The van der Waals surface area contributed by atoms with Gasteiger partial charge in [-0.1, -0.05) is 0 Å². The van der Waals surface area contributed by atoms with Gasteiger partial charge in [-0.25, -0.2) is 0 Å². The molecule has 15 heavy (non-hydrogen) atoms. The Kier molecular flexibility index (Phi) is 2.70. The van der Waals surface area contributed by atoms with E-state index in [1.54, 1.807) is 0 Å². The molecule has 1 aromatic heterocycles. The molecule has 0 aliphatic rings. The Morgan fingerprint density at radius 3 is 2.13 bits per heavy atom. The van der Waals surface area contributed by atoms with Gasteiger partial charge >= 0.3 is 21.3 Å². The van der Waals surface area contributed by atoms with Crippen molar-refractivity contribution in [1.82, 2.24) is 0 Å². The summed E-state index contributed by atoms with van der Waals surface area (Å²) < 4.78 is 78.0. The average Bonchev–Trinajstić information content (AvgIpc) is 1.99. The highest BCUT2D eigenvalue weighted by Crippen LogP contribution is 2.28. The molecule has 0 aliphatic carbocycles. The van der Waals surface area contributed by atoms with Gasteiger partial charge in [-0.05, 0) is 6.07 Å². The molecule has 9 heteroatoms. The molecule has 0 saturated carbocycles. The van der Waals surface area contributed by atoms with Gasteiger partial charge in [0.1, 0.15) is 5.56 Å². The number of pyridine rings is 1. The molecular formula is C6H4F4NO3S+. The van der Waals surface area contributed by atoms with Crippen LogP contribution in [0.5, 0.6) is 0 Å². The molecule has 1 aromatic rings. The summed E-state index contributed by atoms with van der Waals surface area (Å²) in [6.07, 6.45) is -4.87. The van der Waals surface area contributed by atoms with Crippen LogP contribution in [0.15, 0.2) is 23.4 Å². The van der Waals surface area contributed by atoms with Crippen molar-refractivity contribution in [3.8, 4) is 0 Å². The summed E-state index contributed by atoms with van der Waals surface area (Å²) in [5.74, 6) is 0. The molecule has 1 rings (SSSR count). The normalized spacial score (nSPS) is 12.9. The summed E-state index contributed by atoms with van der Waals surface area (Å²) >= 11 is 0. The maximum Gasteiger partial charge on any atom is 0.422 e. The van der Waals surface area contributed by atoms with Crippen molar-refractivity contribution in [3.05, 3.63) is 23.9 Å². The van der Waals surface area contributed by atoms with Crippen molar-refractivity contribution >= 4 is 10.1 Å². The van der Waals surface area contributed by atoms with E-state index in [-0.39, 0.29) is 6.20 Å². The number of rotatable bonds is 1. The molecule has 0 amide bonds. The zero-order valence-corrected chi connectivity index (χ0v) is 7.68. The molecule has 0 radical (unpaired) electrons. The monoisotopic (exact) mass is 246 g/mol. The highest BCUT2D eigenvalue weighted by Gasteiger charge is 2.36. The molecule has 0 saturated heterocycles. The van der Waals surface area contributed by atoms with Crippen LogP contribution in [0.1, 0.15) is 5.56 Å². The summed E-state index contributed by atoms with van der Waals surface area (Å²) in [4.78, 5) is -0.807. The van der Waals surface area contributed by atoms with Gasteiger partial charge in [0, 0.05) is 10.9 Å². The molecule has 0 fully saturated rings. The van der Waals surface area contributed by atoms with Crippen LogP contribution in [0, 0.1) is 0 Å². The fraction of sp³-hybridized carbons (Fsp3) is 0.167. The number of alkyl halides is 3. The zero-order valence-electron chi connectivity index (χ0n) is 6.86. The van der Waals surface area contributed by atoms with Gasteiger partial charge < -0.3 is 0 Å². The van der Waals surface area contributed by atoms with Gasteiger partial charge in [0.25, 0.3) is 0 Å². The van der Waals surface area contributed by atoms with Crippen molar-refractivity contribution in [2.24, 2.45) is 0 Å². The van der Waals surface area contributed by atoms with Crippen LogP contribution in [0.3, 0.4) is 0 Å². The first-order valence-electron chi connectivity index (χ1n) is 3.39.